The molecule has 1 rings (SSSR count). The highest BCUT2D eigenvalue weighted by Crippen LogP contribution is 2.14. The summed E-state index contributed by atoms with van der Waals surface area (Å²) in [6.45, 7) is 3.68. The Bertz CT molecular complexity index is 323. The molecule has 1 atom stereocenters. The zero-order valence-electron chi connectivity index (χ0n) is 8.74. The van der Waals surface area contributed by atoms with Gasteiger partial charge in [0.2, 0.25) is 11.0 Å². The molecule has 0 aliphatic carbocycles. The van der Waals surface area contributed by atoms with Crippen LogP contribution in [0, 0.1) is 6.92 Å². The summed E-state index contributed by atoms with van der Waals surface area (Å²) in [6, 6.07) is -0.266. The summed E-state index contributed by atoms with van der Waals surface area (Å²) in [5.74, 6) is 0.0258. The molecule has 1 aromatic heterocycles. The molecule has 0 fully saturated rings. The number of hydrogen-bond acceptors (Lipinski definition) is 5. The van der Waals surface area contributed by atoms with E-state index in [4.69, 9.17) is 0 Å². The molecule has 1 heterocycles. The summed E-state index contributed by atoms with van der Waals surface area (Å²) in [4.78, 5) is 13.0. The van der Waals surface area contributed by atoms with Crippen LogP contribution in [0.1, 0.15) is 11.9 Å². The molecule has 1 amide bonds. The summed E-state index contributed by atoms with van der Waals surface area (Å²) in [5, 5.41) is 12.3. The van der Waals surface area contributed by atoms with Crippen LogP contribution in [0.4, 0.5) is 5.13 Å². The van der Waals surface area contributed by atoms with Crippen molar-refractivity contribution in [2.45, 2.75) is 19.9 Å². The summed E-state index contributed by atoms with van der Waals surface area (Å²) < 4.78 is 0. The predicted molar refractivity (Wildman–Crippen MR) is 56.4 cm³/mol. The summed E-state index contributed by atoms with van der Waals surface area (Å²) in [7, 11) is 3.46. The SMILES string of the molecule is Cc1nnc(NC(C)C(=O)N(C)C)s1. The van der Waals surface area contributed by atoms with E-state index in [-0.39, 0.29) is 11.9 Å². The largest absolute Gasteiger partial charge is 0.349 e. The van der Waals surface area contributed by atoms with Crippen LogP contribution in [0.15, 0.2) is 0 Å². The van der Waals surface area contributed by atoms with E-state index in [1.54, 1.807) is 25.9 Å². The standard InChI is InChI=1S/C8H14N4OS/c1-5(7(13)12(3)4)9-8-11-10-6(2)14-8/h5H,1-4H3,(H,9,11). The van der Waals surface area contributed by atoms with E-state index in [0.717, 1.165) is 5.01 Å². The second-order valence-corrected chi connectivity index (χ2v) is 4.41. The van der Waals surface area contributed by atoms with Gasteiger partial charge in [-0.2, -0.15) is 0 Å². The maximum atomic E-state index is 11.5. The highest BCUT2D eigenvalue weighted by atomic mass is 32.1. The first kappa shape index (κ1) is 10.9. The first-order chi connectivity index (χ1) is 6.50. The number of rotatable bonds is 3. The molecule has 0 saturated carbocycles. The van der Waals surface area contributed by atoms with Gasteiger partial charge in [-0.1, -0.05) is 11.3 Å². The molecular weight excluding hydrogens is 200 g/mol. The van der Waals surface area contributed by atoms with Crippen molar-refractivity contribution in [1.82, 2.24) is 15.1 Å². The Kier molecular flexibility index (Phi) is 3.40. The van der Waals surface area contributed by atoms with Crippen molar-refractivity contribution in [3.8, 4) is 0 Å². The molecule has 5 nitrogen and oxygen atoms in total. The van der Waals surface area contributed by atoms with Crippen LogP contribution in [0.5, 0.6) is 0 Å². The Morgan fingerprint density at radius 2 is 2.14 bits per heavy atom. The van der Waals surface area contributed by atoms with E-state index in [0.29, 0.717) is 5.13 Å². The van der Waals surface area contributed by atoms with Gasteiger partial charge in [-0.3, -0.25) is 4.79 Å². The van der Waals surface area contributed by atoms with E-state index in [1.165, 1.54) is 11.3 Å². The fourth-order valence-electron chi connectivity index (χ4n) is 0.989. The number of carbonyl (C=O) groups excluding carboxylic acids is 1. The van der Waals surface area contributed by atoms with Gasteiger partial charge >= 0.3 is 0 Å². The van der Waals surface area contributed by atoms with Gasteiger partial charge in [-0.05, 0) is 13.8 Å². The first-order valence-corrected chi connectivity index (χ1v) is 5.10. The van der Waals surface area contributed by atoms with Crippen molar-refractivity contribution in [1.29, 1.82) is 0 Å². The number of nitrogens with one attached hydrogen (secondary N) is 1. The molecule has 0 spiro atoms. The first-order valence-electron chi connectivity index (χ1n) is 4.28. The normalized spacial score (nSPS) is 12.3. The van der Waals surface area contributed by atoms with Crippen molar-refractivity contribution >= 4 is 22.4 Å². The third-order valence-corrected chi connectivity index (χ3v) is 2.45. The third kappa shape index (κ3) is 2.66. The lowest BCUT2D eigenvalue weighted by Gasteiger charge is -2.16. The minimum atomic E-state index is -0.266. The zero-order chi connectivity index (χ0) is 10.7. The van der Waals surface area contributed by atoms with Crippen LogP contribution >= 0.6 is 11.3 Å². The van der Waals surface area contributed by atoms with Crippen molar-refractivity contribution in [3.05, 3.63) is 5.01 Å². The van der Waals surface area contributed by atoms with Gasteiger partial charge < -0.3 is 10.2 Å². The Balaban J connectivity index is 2.57. The average Bonchev–Trinajstić information content (AvgIpc) is 2.49. The molecule has 1 N–H and O–H groups in total. The molecule has 14 heavy (non-hydrogen) atoms. The Labute approximate surface area is 87.1 Å². The number of nitrogens with zero attached hydrogens (tertiary/aromatic N) is 3. The van der Waals surface area contributed by atoms with Crippen LogP contribution in [0.2, 0.25) is 0 Å². The van der Waals surface area contributed by atoms with E-state index >= 15 is 0 Å². The number of amides is 1. The minimum absolute atomic E-state index is 0.0258. The number of hydrogen-bond donors (Lipinski definition) is 1. The second-order valence-electron chi connectivity index (χ2n) is 3.22. The fraction of sp³-hybridized carbons (Fsp3) is 0.625. The molecule has 0 saturated heterocycles. The van der Waals surface area contributed by atoms with Gasteiger partial charge in [0.1, 0.15) is 11.0 Å². The number of aromatic nitrogens is 2. The highest BCUT2D eigenvalue weighted by Gasteiger charge is 2.15. The highest BCUT2D eigenvalue weighted by molar-refractivity contribution is 7.15. The minimum Gasteiger partial charge on any atom is -0.349 e. The second kappa shape index (κ2) is 4.36. The Hall–Kier alpha value is -1.17. The maximum Gasteiger partial charge on any atom is 0.244 e. The number of aryl methyl sites for hydroxylation is 1. The molecule has 1 unspecified atom stereocenters. The third-order valence-electron chi connectivity index (χ3n) is 1.68. The molecule has 6 heteroatoms. The van der Waals surface area contributed by atoms with Crippen molar-refractivity contribution in [2.75, 3.05) is 19.4 Å². The van der Waals surface area contributed by atoms with Gasteiger partial charge in [-0.15, -0.1) is 10.2 Å². The lowest BCUT2D eigenvalue weighted by Crippen LogP contribution is -2.36. The summed E-state index contributed by atoms with van der Waals surface area (Å²) in [6.07, 6.45) is 0. The molecule has 0 aromatic carbocycles. The van der Waals surface area contributed by atoms with E-state index in [1.807, 2.05) is 6.92 Å². The van der Waals surface area contributed by atoms with Crippen LogP contribution in [-0.4, -0.2) is 41.1 Å². The van der Waals surface area contributed by atoms with Crippen LogP contribution in [0.3, 0.4) is 0 Å². The molecule has 1 aromatic rings. The fourth-order valence-corrected chi connectivity index (χ4v) is 1.67. The average molecular weight is 214 g/mol. The molecule has 0 aliphatic heterocycles. The van der Waals surface area contributed by atoms with E-state index in [9.17, 15) is 4.79 Å². The van der Waals surface area contributed by atoms with Gasteiger partial charge in [0.15, 0.2) is 0 Å². The van der Waals surface area contributed by atoms with Gasteiger partial charge in [-0.25, -0.2) is 0 Å². The number of carbonyl (C=O) groups is 1. The van der Waals surface area contributed by atoms with Crippen LogP contribution in [-0.2, 0) is 4.79 Å². The van der Waals surface area contributed by atoms with Crippen LogP contribution < -0.4 is 5.32 Å². The monoisotopic (exact) mass is 214 g/mol. The lowest BCUT2D eigenvalue weighted by molar-refractivity contribution is -0.129. The maximum absolute atomic E-state index is 11.5. The molecule has 78 valence electrons. The molecule has 0 aliphatic rings. The molecular formula is C8H14N4OS. The smallest absolute Gasteiger partial charge is 0.244 e. The zero-order valence-corrected chi connectivity index (χ0v) is 9.55. The van der Waals surface area contributed by atoms with Crippen molar-refractivity contribution < 1.29 is 4.79 Å². The topological polar surface area (TPSA) is 58.1 Å². The lowest BCUT2D eigenvalue weighted by atomic mass is 10.3. The van der Waals surface area contributed by atoms with Crippen molar-refractivity contribution in [2.24, 2.45) is 0 Å². The summed E-state index contributed by atoms with van der Waals surface area (Å²) in [5.41, 5.74) is 0. The van der Waals surface area contributed by atoms with E-state index < -0.39 is 0 Å². The van der Waals surface area contributed by atoms with Gasteiger partial charge in [0, 0.05) is 14.1 Å². The Morgan fingerprint density at radius 1 is 1.50 bits per heavy atom. The van der Waals surface area contributed by atoms with Crippen molar-refractivity contribution in [3.63, 3.8) is 0 Å². The van der Waals surface area contributed by atoms with Gasteiger partial charge in [0.25, 0.3) is 0 Å². The number of likely N-dealkylation sites (N-methyl/N-ethyl adjacent to an activating group) is 1. The quantitative estimate of drug-likeness (QED) is 0.806. The van der Waals surface area contributed by atoms with Crippen LogP contribution in [0.25, 0.3) is 0 Å². The molecule has 0 radical (unpaired) electrons. The number of anilines is 1. The van der Waals surface area contributed by atoms with Gasteiger partial charge in [0.05, 0.1) is 0 Å². The summed E-state index contributed by atoms with van der Waals surface area (Å²) >= 11 is 1.44. The molecule has 0 bridgehead atoms. The Morgan fingerprint density at radius 3 is 2.57 bits per heavy atom. The van der Waals surface area contributed by atoms with E-state index in [2.05, 4.69) is 15.5 Å². The predicted octanol–water partition coefficient (Wildman–Crippen LogP) is 0.735.